The molecule has 0 spiro atoms. The van der Waals surface area contributed by atoms with Gasteiger partial charge in [0.25, 0.3) is 0 Å². The quantitative estimate of drug-likeness (QED) is 0.585. The van der Waals surface area contributed by atoms with Gasteiger partial charge in [-0.05, 0) is 25.1 Å². The minimum absolute atomic E-state index is 0.102. The topological polar surface area (TPSA) is 89.9 Å². The molecule has 1 rings (SSSR count). The molecule has 0 aliphatic heterocycles. The Morgan fingerprint density at radius 1 is 1.24 bits per heavy atom. The van der Waals surface area contributed by atoms with Gasteiger partial charge in [-0.1, -0.05) is 11.6 Å². The molecule has 0 radical (unpaired) electrons. The number of hydrogen-bond acceptors (Lipinski definition) is 5. The summed E-state index contributed by atoms with van der Waals surface area (Å²) >= 11 is 5.95. The molecule has 0 unspecified atom stereocenters. The van der Waals surface area contributed by atoms with Gasteiger partial charge >= 0.3 is 11.9 Å². The van der Waals surface area contributed by atoms with Gasteiger partial charge < -0.3 is 14.6 Å². The number of ketones is 1. The lowest BCUT2D eigenvalue weighted by atomic mass is 10.1. The average molecular weight is 315 g/mol. The summed E-state index contributed by atoms with van der Waals surface area (Å²) in [6.07, 6.45) is -0.341. The highest BCUT2D eigenvalue weighted by atomic mass is 35.5. The molecule has 0 amide bonds. The SMILES string of the molecule is CCOC(=O)COc1ccc(C(=O)CCC(=O)O)cc1Cl. The summed E-state index contributed by atoms with van der Waals surface area (Å²) in [5, 5.41) is 8.70. The number of ether oxygens (including phenoxy) is 2. The van der Waals surface area contributed by atoms with Crippen molar-refractivity contribution < 1.29 is 29.0 Å². The standard InChI is InChI=1S/C14H15ClO6/c1-2-20-14(19)8-21-12-5-3-9(7-10(12)15)11(16)4-6-13(17)18/h3,5,7H,2,4,6,8H2,1H3,(H,17,18). The summed E-state index contributed by atoms with van der Waals surface area (Å²) in [5.41, 5.74) is 0.296. The van der Waals surface area contributed by atoms with E-state index in [9.17, 15) is 14.4 Å². The summed E-state index contributed by atoms with van der Waals surface area (Å²) in [7, 11) is 0. The van der Waals surface area contributed by atoms with Crippen LogP contribution in [0, 0.1) is 0 Å². The van der Waals surface area contributed by atoms with Crippen molar-refractivity contribution in [2.24, 2.45) is 0 Å². The van der Waals surface area contributed by atoms with Crippen LogP contribution >= 0.6 is 11.6 Å². The first-order valence-electron chi connectivity index (χ1n) is 6.27. The molecule has 0 aliphatic rings. The summed E-state index contributed by atoms with van der Waals surface area (Å²) in [6, 6.07) is 4.30. The molecular formula is C14H15ClO6. The number of carboxylic acids is 1. The molecule has 0 aliphatic carbocycles. The monoisotopic (exact) mass is 314 g/mol. The van der Waals surface area contributed by atoms with Crippen molar-refractivity contribution in [1.82, 2.24) is 0 Å². The molecule has 0 fully saturated rings. The number of benzene rings is 1. The van der Waals surface area contributed by atoms with Crippen molar-refractivity contribution in [3.05, 3.63) is 28.8 Å². The third-order valence-corrected chi connectivity index (χ3v) is 2.77. The van der Waals surface area contributed by atoms with Gasteiger partial charge in [0.1, 0.15) is 5.75 Å². The zero-order valence-corrected chi connectivity index (χ0v) is 12.2. The van der Waals surface area contributed by atoms with E-state index < -0.39 is 11.9 Å². The van der Waals surface area contributed by atoms with E-state index in [-0.39, 0.29) is 42.6 Å². The number of hydrogen-bond donors (Lipinski definition) is 1. The third-order valence-electron chi connectivity index (χ3n) is 2.47. The fraction of sp³-hybridized carbons (Fsp3) is 0.357. The number of aliphatic carboxylic acids is 1. The normalized spacial score (nSPS) is 10.0. The Labute approximate surface area is 126 Å². The predicted molar refractivity (Wildman–Crippen MR) is 74.8 cm³/mol. The van der Waals surface area contributed by atoms with E-state index in [1.165, 1.54) is 18.2 Å². The van der Waals surface area contributed by atoms with Gasteiger partial charge in [-0.15, -0.1) is 0 Å². The van der Waals surface area contributed by atoms with Gasteiger partial charge in [0, 0.05) is 12.0 Å². The van der Waals surface area contributed by atoms with Crippen LogP contribution in [0.4, 0.5) is 0 Å². The van der Waals surface area contributed by atoms with Crippen LogP contribution in [0.2, 0.25) is 5.02 Å². The summed E-state index contributed by atoms with van der Waals surface area (Å²) < 4.78 is 9.88. The van der Waals surface area contributed by atoms with Crippen molar-refractivity contribution in [2.75, 3.05) is 13.2 Å². The fourth-order valence-corrected chi connectivity index (χ4v) is 1.73. The first-order chi connectivity index (χ1) is 9.93. The number of halogens is 1. The Hall–Kier alpha value is -2.08. The minimum atomic E-state index is -1.04. The molecule has 0 saturated heterocycles. The molecule has 1 aromatic carbocycles. The van der Waals surface area contributed by atoms with Crippen LogP contribution in [0.3, 0.4) is 0 Å². The molecular weight excluding hydrogens is 300 g/mol. The predicted octanol–water partition coefficient (Wildman–Crippen LogP) is 2.33. The highest BCUT2D eigenvalue weighted by Gasteiger charge is 2.12. The molecule has 0 aromatic heterocycles. The van der Waals surface area contributed by atoms with Crippen LogP contribution < -0.4 is 4.74 Å². The number of rotatable bonds is 8. The van der Waals surface area contributed by atoms with Gasteiger partial charge in [-0.25, -0.2) is 4.79 Å². The van der Waals surface area contributed by atoms with E-state index in [2.05, 4.69) is 0 Å². The Bertz CT molecular complexity index is 540. The molecule has 114 valence electrons. The second-order valence-corrected chi connectivity index (χ2v) is 4.46. The zero-order valence-electron chi connectivity index (χ0n) is 11.4. The summed E-state index contributed by atoms with van der Waals surface area (Å²) in [4.78, 5) is 33.3. The number of carbonyl (C=O) groups is 3. The highest BCUT2D eigenvalue weighted by molar-refractivity contribution is 6.32. The number of carbonyl (C=O) groups excluding carboxylic acids is 2. The summed E-state index contributed by atoms with van der Waals surface area (Å²) in [5.74, 6) is -1.63. The highest BCUT2D eigenvalue weighted by Crippen LogP contribution is 2.26. The lowest BCUT2D eigenvalue weighted by Crippen LogP contribution is -2.14. The van der Waals surface area contributed by atoms with E-state index in [0.717, 1.165) is 0 Å². The van der Waals surface area contributed by atoms with E-state index in [0.29, 0.717) is 5.56 Å². The van der Waals surface area contributed by atoms with Gasteiger partial charge in [-0.2, -0.15) is 0 Å². The molecule has 0 atom stereocenters. The molecule has 1 N–H and O–H groups in total. The van der Waals surface area contributed by atoms with E-state index in [4.69, 9.17) is 26.2 Å². The van der Waals surface area contributed by atoms with E-state index in [1.807, 2.05) is 0 Å². The molecule has 21 heavy (non-hydrogen) atoms. The smallest absolute Gasteiger partial charge is 0.344 e. The molecule has 0 heterocycles. The van der Waals surface area contributed by atoms with E-state index >= 15 is 0 Å². The average Bonchev–Trinajstić information content (AvgIpc) is 2.43. The van der Waals surface area contributed by atoms with Crippen LogP contribution in [0.15, 0.2) is 18.2 Å². The van der Waals surface area contributed by atoms with Crippen molar-refractivity contribution in [1.29, 1.82) is 0 Å². The molecule has 6 nitrogen and oxygen atoms in total. The van der Waals surface area contributed by atoms with Gasteiger partial charge in [0.15, 0.2) is 12.4 Å². The Balaban J connectivity index is 2.65. The molecule has 7 heteroatoms. The molecule has 0 bridgehead atoms. The number of Topliss-reactive ketones (excluding diaryl/α,β-unsaturated/α-hetero) is 1. The molecule has 1 aromatic rings. The lowest BCUT2D eigenvalue weighted by Gasteiger charge is -2.08. The van der Waals surface area contributed by atoms with Crippen molar-refractivity contribution >= 4 is 29.3 Å². The zero-order chi connectivity index (χ0) is 15.8. The first kappa shape index (κ1) is 17.0. The van der Waals surface area contributed by atoms with Crippen LogP contribution in [0.5, 0.6) is 5.75 Å². The second-order valence-electron chi connectivity index (χ2n) is 4.06. The maximum absolute atomic E-state index is 11.7. The minimum Gasteiger partial charge on any atom is -0.481 e. The summed E-state index contributed by atoms with van der Waals surface area (Å²) in [6.45, 7) is 1.66. The van der Waals surface area contributed by atoms with Crippen molar-refractivity contribution in [3.63, 3.8) is 0 Å². The Morgan fingerprint density at radius 2 is 1.95 bits per heavy atom. The van der Waals surface area contributed by atoms with Gasteiger partial charge in [-0.3, -0.25) is 9.59 Å². The van der Waals surface area contributed by atoms with Crippen LogP contribution in [-0.4, -0.2) is 36.0 Å². The van der Waals surface area contributed by atoms with Crippen LogP contribution in [0.1, 0.15) is 30.1 Å². The maximum atomic E-state index is 11.7. The maximum Gasteiger partial charge on any atom is 0.344 e. The Morgan fingerprint density at radius 3 is 2.52 bits per heavy atom. The molecule has 0 saturated carbocycles. The van der Waals surface area contributed by atoms with Gasteiger partial charge in [0.05, 0.1) is 18.1 Å². The third kappa shape index (κ3) is 5.83. The number of esters is 1. The van der Waals surface area contributed by atoms with Crippen molar-refractivity contribution in [2.45, 2.75) is 19.8 Å². The van der Waals surface area contributed by atoms with Crippen LogP contribution in [-0.2, 0) is 14.3 Å². The Kier molecular flexibility index (Phi) is 6.68. The lowest BCUT2D eigenvalue weighted by molar-refractivity contribution is -0.145. The van der Waals surface area contributed by atoms with Gasteiger partial charge in [0.2, 0.25) is 0 Å². The van der Waals surface area contributed by atoms with Crippen molar-refractivity contribution in [3.8, 4) is 5.75 Å². The fourth-order valence-electron chi connectivity index (χ4n) is 1.50. The van der Waals surface area contributed by atoms with E-state index in [1.54, 1.807) is 6.92 Å². The number of carboxylic acid groups (broad SMARTS) is 1. The largest absolute Gasteiger partial charge is 0.481 e. The first-order valence-corrected chi connectivity index (χ1v) is 6.64. The van der Waals surface area contributed by atoms with Crippen LogP contribution in [0.25, 0.3) is 0 Å². The second kappa shape index (κ2) is 8.26.